The van der Waals surface area contributed by atoms with E-state index in [0.29, 0.717) is 11.1 Å². The van der Waals surface area contributed by atoms with Gasteiger partial charge in [-0.3, -0.25) is 4.79 Å². The summed E-state index contributed by atoms with van der Waals surface area (Å²) >= 11 is 0. The van der Waals surface area contributed by atoms with Crippen LogP contribution in [0.15, 0.2) is 85.1 Å². The zero-order valence-corrected chi connectivity index (χ0v) is 16.5. The molecule has 0 N–H and O–H groups in total. The lowest BCUT2D eigenvalue weighted by molar-refractivity contribution is 0.0724. The van der Waals surface area contributed by atoms with Crippen molar-refractivity contribution in [2.45, 2.75) is 0 Å². The minimum absolute atomic E-state index is 0.0258. The number of ether oxygens (including phenoxy) is 2. The van der Waals surface area contributed by atoms with Crippen LogP contribution in [-0.4, -0.2) is 28.6 Å². The van der Waals surface area contributed by atoms with Crippen LogP contribution in [0.25, 0.3) is 5.69 Å². The first kappa shape index (κ1) is 20.0. The molecule has 0 saturated carbocycles. The van der Waals surface area contributed by atoms with Crippen LogP contribution < -0.4 is 9.47 Å². The van der Waals surface area contributed by atoms with E-state index in [1.807, 2.05) is 30.3 Å². The van der Waals surface area contributed by atoms with Crippen molar-refractivity contribution in [3.05, 3.63) is 108 Å². The van der Waals surface area contributed by atoms with E-state index < -0.39 is 11.8 Å². The number of esters is 1. The summed E-state index contributed by atoms with van der Waals surface area (Å²) < 4.78 is 25.2. The molecule has 31 heavy (non-hydrogen) atoms. The van der Waals surface area contributed by atoms with Crippen LogP contribution in [-0.2, 0) is 0 Å². The highest BCUT2D eigenvalue weighted by molar-refractivity contribution is 6.09. The van der Waals surface area contributed by atoms with E-state index in [1.54, 1.807) is 6.20 Å². The number of methoxy groups -OCH3 is 1. The van der Waals surface area contributed by atoms with E-state index in [4.69, 9.17) is 9.47 Å². The number of hydrogen-bond donors (Lipinski definition) is 0. The minimum atomic E-state index is -0.691. The predicted octanol–water partition coefficient (Wildman–Crippen LogP) is 4.47. The molecular formula is C24H17FN2O4. The lowest BCUT2D eigenvalue weighted by atomic mass is 10.0. The van der Waals surface area contributed by atoms with Gasteiger partial charge in [-0.15, -0.1) is 0 Å². The third-order valence-electron chi connectivity index (χ3n) is 4.55. The topological polar surface area (TPSA) is 70.4 Å². The molecule has 0 radical (unpaired) electrons. The quantitative estimate of drug-likeness (QED) is 0.264. The fourth-order valence-corrected chi connectivity index (χ4v) is 2.96. The van der Waals surface area contributed by atoms with Crippen molar-refractivity contribution >= 4 is 11.8 Å². The Balaban J connectivity index is 1.51. The van der Waals surface area contributed by atoms with E-state index in [1.165, 1.54) is 60.3 Å². The number of carbonyl (C=O) groups is 2. The highest BCUT2D eigenvalue weighted by Crippen LogP contribution is 2.22. The summed E-state index contributed by atoms with van der Waals surface area (Å²) in [6.07, 6.45) is 1.59. The first-order valence-electron chi connectivity index (χ1n) is 9.37. The summed E-state index contributed by atoms with van der Waals surface area (Å²) in [5, 5.41) is 4.27. The molecule has 0 spiro atoms. The van der Waals surface area contributed by atoms with Crippen LogP contribution in [0.2, 0.25) is 0 Å². The number of ketones is 1. The Hall–Kier alpha value is -4.26. The maximum absolute atomic E-state index is 13.0. The second-order valence-corrected chi connectivity index (χ2v) is 6.58. The number of carbonyl (C=O) groups excluding carboxylic acids is 2. The van der Waals surface area contributed by atoms with Gasteiger partial charge in [0.05, 0.1) is 19.0 Å². The average Bonchev–Trinajstić information content (AvgIpc) is 3.25. The fourth-order valence-electron chi connectivity index (χ4n) is 2.96. The largest absolute Gasteiger partial charge is 0.493 e. The van der Waals surface area contributed by atoms with Gasteiger partial charge in [0.1, 0.15) is 11.6 Å². The normalized spacial score (nSPS) is 10.5. The van der Waals surface area contributed by atoms with E-state index in [2.05, 4.69) is 5.10 Å². The van der Waals surface area contributed by atoms with Gasteiger partial charge in [-0.2, -0.15) is 5.10 Å². The lowest BCUT2D eigenvalue weighted by Gasteiger charge is -2.05. The SMILES string of the molecule is COc1cn(-c2ccccc2)nc1C(=O)Oc1ccc(C(=O)c2ccc(F)cc2)cc1. The van der Waals surface area contributed by atoms with Crippen LogP contribution in [0.4, 0.5) is 4.39 Å². The van der Waals surface area contributed by atoms with E-state index in [-0.39, 0.29) is 23.0 Å². The van der Waals surface area contributed by atoms with Gasteiger partial charge >= 0.3 is 5.97 Å². The van der Waals surface area contributed by atoms with E-state index in [0.717, 1.165) is 5.69 Å². The predicted molar refractivity (Wildman–Crippen MR) is 111 cm³/mol. The zero-order valence-electron chi connectivity index (χ0n) is 16.5. The number of para-hydroxylation sites is 1. The summed E-state index contributed by atoms with van der Waals surface area (Å²) in [7, 11) is 1.44. The summed E-state index contributed by atoms with van der Waals surface area (Å²) in [6, 6.07) is 20.7. The van der Waals surface area contributed by atoms with E-state index >= 15 is 0 Å². The van der Waals surface area contributed by atoms with Crippen LogP contribution in [0, 0.1) is 5.82 Å². The lowest BCUT2D eigenvalue weighted by Crippen LogP contribution is -2.11. The van der Waals surface area contributed by atoms with Gasteiger partial charge < -0.3 is 9.47 Å². The molecule has 4 rings (SSSR count). The molecule has 3 aromatic carbocycles. The monoisotopic (exact) mass is 416 g/mol. The standard InChI is InChI=1S/C24H17FN2O4/c1-30-21-15-27(19-5-3-2-4-6-19)26-22(21)24(29)31-20-13-9-17(10-14-20)23(28)16-7-11-18(25)12-8-16/h2-15H,1H3. The Morgan fingerprint density at radius 3 is 2.10 bits per heavy atom. The van der Waals surface area contributed by atoms with Crippen molar-refractivity contribution < 1.29 is 23.5 Å². The summed E-state index contributed by atoms with van der Waals surface area (Å²) in [6.45, 7) is 0. The van der Waals surface area contributed by atoms with E-state index in [9.17, 15) is 14.0 Å². The van der Waals surface area contributed by atoms with Crippen molar-refractivity contribution in [2.75, 3.05) is 7.11 Å². The molecule has 4 aromatic rings. The molecule has 0 unspecified atom stereocenters. The van der Waals surface area contributed by atoms with Gasteiger partial charge in [0.2, 0.25) is 5.69 Å². The Labute approximate surface area is 177 Å². The highest BCUT2D eigenvalue weighted by Gasteiger charge is 2.21. The second kappa shape index (κ2) is 8.62. The van der Waals surface area contributed by atoms with Gasteiger partial charge in [-0.1, -0.05) is 18.2 Å². The first-order valence-corrected chi connectivity index (χ1v) is 9.37. The Morgan fingerprint density at radius 1 is 0.871 bits per heavy atom. The number of benzene rings is 3. The number of nitrogens with zero attached hydrogens (tertiary/aromatic N) is 2. The molecule has 0 fully saturated rings. The third-order valence-corrected chi connectivity index (χ3v) is 4.55. The summed E-state index contributed by atoms with van der Waals surface area (Å²) in [5.74, 6) is -0.844. The molecule has 0 aliphatic heterocycles. The first-order chi connectivity index (χ1) is 15.0. The van der Waals surface area contributed by atoms with Crippen LogP contribution in [0.5, 0.6) is 11.5 Å². The molecule has 7 heteroatoms. The van der Waals surface area contributed by atoms with Gasteiger partial charge in [0.25, 0.3) is 0 Å². The molecule has 1 heterocycles. The highest BCUT2D eigenvalue weighted by atomic mass is 19.1. The molecule has 0 atom stereocenters. The third kappa shape index (κ3) is 4.35. The fraction of sp³-hybridized carbons (Fsp3) is 0.0417. The number of hydrogen-bond acceptors (Lipinski definition) is 5. The maximum atomic E-state index is 13.0. The van der Waals surface area contributed by atoms with Crippen LogP contribution in [0.3, 0.4) is 0 Å². The van der Waals surface area contributed by atoms with Gasteiger partial charge in [0.15, 0.2) is 11.5 Å². The minimum Gasteiger partial charge on any atom is -0.493 e. The molecule has 0 aliphatic rings. The van der Waals surface area contributed by atoms with Crippen LogP contribution in [0.1, 0.15) is 26.4 Å². The Kier molecular flexibility index (Phi) is 5.57. The van der Waals surface area contributed by atoms with Crippen molar-refractivity contribution in [1.29, 1.82) is 0 Å². The number of aromatic nitrogens is 2. The Morgan fingerprint density at radius 2 is 1.48 bits per heavy atom. The zero-order chi connectivity index (χ0) is 21.8. The van der Waals surface area contributed by atoms with Gasteiger partial charge in [-0.25, -0.2) is 13.9 Å². The number of rotatable bonds is 6. The summed E-state index contributed by atoms with van der Waals surface area (Å²) in [4.78, 5) is 25.1. The Bertz CT molecular complexity index is 1220. The van der Waals surface area contributed by atoms with Crippen molar-refractivity contribution in [2.24, 2.45) is 0 Å². The molecule has 0 saturated heterocycles. The molecule has 0 aliphatic carbocycles. The molecule has 6 nitrogen and oxygen atoms in total. The molecule has 0 amide bonds. The van der Waals surface area contributed by atoms with Crippen LogP contribution >= 0.6 is 0 Å². The molecule has 1 aromatic heterocycles. The number of halogens is 1. The van der Waals surface area contributed by atoms with Crippen molar-refractivity contribution in [1.82, 2.24) is 9.78 Å². The molecule has 154 valence electrons. The van der Waals surface area contributed by atoms with Crippen molar-refractivity contribution in [3.63, 3.8) is 0 Å². The summed E-state index contributed by atoms with van der Waals surface area (Å²) in [5.41, 5.74) is 1.54. The smallest absolute Gasteiger partial charge is 0.368 e. The average molecular weight is 416 g/mol. The second-order valence-electron chi connectivity index (χ2n) is 6.58. The maximum Gasteiger partial charge on any atom is 0.368 e. The van der Waals surface area contributed by atoms with Gasteiger partial charge in [0, 0.05) is 11.1 Å². The van der Waals surface area contributed by atoms with Crippen molar-refractivity contribution in [3.8, 4) is 17.2 Å². The molecule has 0 bridgehead atoms. The van der Waals surface area contributed by atoms with Gasteiger partial charge in [-0.05, 0) is 60.7 Å². The molecular weight excluding hydrogens is 399 g/mol.